The van der Waals surface area contributed by atoms with E-state index in [1.807, 2.05) is 0 Å². The van der Waals surface area contributed by atoms with Crippen LogP contribution in [0.25, 0.3) is 0 Å². The maximum Gasteiger partial charge on any atom is 0.0893 e. The lowest BCUT2D eigenvalue weighted by Crippen LogP contribution is -2.40. The standard InChI is InChI=1S/C14H23NO2/c1-2-17-14-10-16-9-12(14)8-13-7-11-3-5-15(13)6-4-11/h8,11-12,14H,2-7,9-10H2,1H3. The minimum Gasteiger partial charge on any atom is -0.378 e. The molecule has 4 rings (SSSR count). The van der Waals surface area contributed by atoms with E-state index < -0.39 is 0 Å². The Kier molecular flexibility index (Phi) is 3.39. The number of nitrogens with zero attached hydrogens (tertiary/aromatic N) is 1. The Hall–Kier alpha value is -0.540. The fourth-order valence-electron chi connectivity index (χ4n) is 3.36. The Bertz CT molecular complexity index is 295. The van der Waals surface area contributed by atoms with Crippen LogP contribution >= 0.6 is 0 Å². The Morgan fingerprint density at radius 1 is 1.35 bits per heavy atom. The summed E-state index contributed by atoms with van der Waals surface area (Å²) in [6.45, 7) is 7.00. The maximum absolute atomic E-state index is 5.75. The Morgan fingerprint density at radius 3 is 2.82 bits per heavy atom. The van der Waals surface area contributed by atoms with Crippen molar-refractivity contribution in [1.29, 1.82) is 0 Å². The van der Waals surface area contributed by atoms with Crippen molar-refractivity contribution in [3.8, 4) is 0 Å². The second-order valence-electron chi connectivity index (χ2n) is 5.49. The monoisotopic (exact) mass is 237 g/mol. The number of fused-ring (bicyclic) bond motifs is 3. The summed E-state index contributed by atoms with van der Waals surface area (Å²) in [5.74, 6) is 1.42. The van der Waals surface area contributed by atoms with Crippen molar-refractivity contribution in [2.75, 3.05) is 32.9 Å². The molecule has 17 heavy (non-hydrogen) atoms. The zero-order valence-electron chi connectivity index (χ0n) is 10.7. The number of ether oxygens (including phenoxy) is 2. The molecule has 3 heteroatoms. The predicted octanol–water partition coefficient (Wildman–Crippen LogP) is 2.04. The molecule has 4 saturated heterocycles. The quantitative estimate of drug-likeness (QED) is 0.750. The largest absolute Gasteiger partial charge is 0.378 e. The summed E-state index contributed by atoms with van der Waals surface area (Å²) in [5.41, 5.74) is 1.56. The number of rotatable bonds is 3. The van der Waals surface area contributed by atoms with E-state index in [9.17, 15) is 0 Å². The second-order valence-corrected chi connectivity index (χ2v) is 5.49. The molecule has 0 radical (unpaired) electrons. The number of hydrogen-bond acceptors (Lipinski definition) is 3. The molecule has 0 spiro atoms. The maximum atomic E-state index is 5.75. The van der Waals surface area contributed by atoms with Crippen molar-refractivity contribution in [1.82, 2.24) is 4.90 Å². The van der Waals surface area contributed by atoms with Crippen molar-refractivity contribution < 1.29 is 9.47 Å². The van der Waals surface area contributed by atoms with Gasteiger partial charge in [-0.15, -0.1) is 0 Å². The molecule has 2 bridgehead atoms. The molecule has 0 aromatic rings. The van der Waals surface area contributed by atoms with Crippen molar-refractivity contribution in [2.45, 2.75) is 32.3 Å². The minimum absolute atomic E-state index is 0.286. The first-order chi connectivity index (χ1) is 8.36. The Labute approximate surface area is 104 Å². The molecule has 96 valence electrons. The molecule has 0 aliphatic carbocycles. The average Bonchev–Trinajstić information content (AvgIpc) is 2.79. The Morgan fingerprint density at radius 2 is 2.18 bits per heavy atom. The van der Waals surface area contributed by atoms with Gasteiger partial charge in [0.15, 0.2) is 0 Å². The first kappa shape index (κ1) is 11.5. The summed E-state index contributed by atoms with van der Waals surface area (Å²) in [7, 11) is 0. The summed E-state index contributed by atoms with van der Waals surface area (Å²) in [5, 5.41) is 0. The van der Waals surface area contributed by atoms with Gasteiger partial charge in [-0.05, 0) is 32.1 Å². The molecule has 0 N–H and O–H groups in total. The molecule has 2 atom stereocenters. The fraction of sp³-hybridized carbons (Fsp3) is 0.857. The summed E-state index contributed by atoms with van der Waals surface area (Å²) in [6.07, 6.45) is 6.81. The molecule has 2 unspecified atom stereocenters. The van der Waals surface area contributed by atoms with Gasteiger partial charge in [0, 0.05) is 31.3 Å². The van der Waals surface area contributed by atoms with Crippen LogP contribution in [0.2, 0.25) is 0 Å². The van der Waals surface area contributed by atoms with E-state index in [1.54, 1.807) is 5.70 Å². The van der Waals surface area contributed by atoms with E-state index in [4.69, 9.17) is 9.47 Å². The van der Waals surface area contributed by atoms with Crippen LogP contribution in [-0.2, 0) is 9.47 Å². The van der Waals surface area contributed by atoms with Crippen molar-refractivity contribution >= 4 is 0 Å². The number of piperidine rings is 3. The lowest BCUT2D eigenvalue weighted by Gasteiger charge is -2.43. The fourth-order valence-corrected chi connectivity index (χ4v) is 3.36. The van der Waals surface area contributed by atoms with Gasteiger partial charge in [0.2, 0.25) is 0 Å². The first-order valence-corrected chi connectivity index (χ1v) is 7.02. The third-order valence-electron chi connectivity index (χ3n) is 4.38. The van der Waals surface area contributed by atoms with Crippen LogP contribution < -0.4 is 0 Å². The summed E-state index contributed by atoms with van der Waals surface area (Å²) < 4.78 is 11.3. The molecular formula is C14H23NO2. The molecule has 0 aromatic carbocycles. The lowest BCUT2D eigenvalue weighted by molar-refractivity contribution is 0.0404. The van der Waals surface area contributed by atoms with Gasteiger partial charge in [-0.3, -0.25) is 0 Å². The highest BCUT2D eigenvalue weighted by Gasteiger charge is 2.32. The number of allylic oxidation sites excluding steroid dienone is 1. The minimum atomic E-state index is 0.286. The molecule has 0 amide bonds. The van der Waals surface area contributed by atoms with E-state index in [0.29, 0.717) is 5.92 Å². The predicted molar refractivity (Wildman–Crippen MR) is 66.7 cm³/mol. The zero-order valence-corrected chi connectivity index (χ0v) is 10.7. The van der Waals surface area contributed by atoms with Gasteiger partial charge in [0.05, 0.1) is 19.3 Å². The molecule has 4 aliphatic rings. The van der Waals surface area contributed by atoms with Crippen LogP contribution in [0.15, 0.2) is 11.8 Å². The summed E-state index contributed by atoms with van der Waals surface area (Å²) in [6, 6.07) is 0. The van der Waals surface area contributed by atoms with E-state index in [2.05, 4.69) is 17.9 Å². The third-order valence-corrected chi connectivity index (χ3v) is 4.38. The van der Waals surface area contributed by atoms with Gasteiger partial charge in [-0.25, -0.2) is 0 Å². The Balaban J connectivity index is 1.68. The van der Waals surface area contributed by atoms with Gasteiger partial charge in [-0.1, -0.05) is 6.08 Å². The van der Waals surface area contributed by atoms with E-state index in [0.717, 1.165) is 25.7 Å². The summed E-state index contributed by atoms with van der Waals surface area (Å²) in [4.78, 5) is 2.57. The average molecular weight is 237 g/mol. The van der Waals surface area contributed by atoms with E-state index in [1.165, 1.54) is 32.4 Å². The second kappa shape index (κ2) is 4.99. The van der Waals surface area contributed by atoms with E-state index >= 15 is 0 Å². The lowest BCUT2D eigenvalue weighted by atomic mass is 9.85. The van der Waals surface area contributed by atoms with Gasteiger partial charge in [-0.2, -0.15) is 0 Å². The topological polar surface area (TPSA) is 21.7 Å². The van der Waals surface area contributed by atoms with Crippen LogP contribution in [0.3, 0.4) is 0 Å². The molecule has 0 aromatic heterocycles. The van der Waals surface area contributed by atoms with Gasteiger partial charge < -0.3 is 14.4 Å². The normalized spacial score (nSPS) is 36.1. The molecule has 4 aliphatic heterocycles. The highest BCUT2D eigenvalue weighted by molar-refractivity contribution is 5.12. The van der Waals surface area contributed by atoms with Crippen LogP contribution in [0.4, 0.5) is 0 Å². The smallest absolute Gasteiger partial charge is 0.0893 e. The third kappa shape index (κ3) is 2.36. The molecular weight excluding hydrogens is 214 g/mol. The van der Waals surface area contributed by atoms with Crippen molar-refractivity contribution in [3.63, 3.8) is 0 Å². The SMILES string of the molecule is CCOC1COCC1C=C1CC2CCN1CC2. The number of hydrogen-bond donors (Lipinski definition) is 0. The molecule has 4 heterocycles. The zero-order chi connectivity index (χ0) is 11.7. The van der Waals surface area contributed by atoms with Crippen LogP contribution in [0, 0.1) is 11.8 Å². The molecule has 3 nitrogen and oxygen atoms in total. The highest BCUT2D eigenvalue weighted by Crippen LogP contribution is 2.35. The molecule has 0 saturated carbocycles. The summed E-state index contributed by atoms with van der Waals surface area (Å²) >= 11 is 0. The van der Waals surface area contributed by atoms with Crippen molar-refractivity contribution in [3.05, 3.63) is 11.8 Å². The van der Waals surface area contributed by atoms with Crippen LogP contribution in [0.1, 0.15) is 26.2 Å². The van der Waals surface area contributed by atoms with Gasteiger partial charge >= 0.3 is 0 Å². The van der Waals surface area contributed by atoms with Crippen LogP contribution in [0.5, 0.6) is 0 Å². The van der Waals surface area contributed by atoms with E-state index in [-0.39, 0.29) is 6.10 Å². The highest BCUT2D eigenvalue weighted by atomic mass is 16.5. The first-order valence-electron chi connectivity index (χ1n) is 7.02. The molecule has 4 fully saturated rings. The van der Waals surface area contributed by atoms with Gasteiger partial charge in [0.1, 0.15) is 0 Å². The van der Waals surface area contributed by atoms with Crippen LogP contribution in [-0.4, -0.2) is 43.9 Å². The van der Waals surface area contributed by atoms with Gasteiger partial charge in [0.25, 0.3) is 0 Å². The van der Waals surface area contributed by atoms with Crippen molar-refractivity contribution in [2.24, 2.45) is 11.8 Å².